The van der Waals surface area contributed by atoms with Gasteiger partial charge in [0.05, 0.1) is 13.7 Å². The zero-order chi connectivity index (χ0) is 14.9. The van der Waals surface area contributed by atoms with Crippen molar-refractivity contribution >= 4 is 27.9 Å². The van der Waals surface area contributed by atoms with Crippen LogP contribution in [-0.4, -0.2) is 30.8 Å². The third kappa shape index (κ3) is 2.28. The Morgan fingerprint density at radius 3 is 2.75 bits per heavy atom. The van der Waals surface area contributed by atoms with Crippen molar-refractivity contribution in [1.29, 1.82) is 0 Å². The molecule has 1 aliphatic carbocycles. The molecule has 1 N–H and O–H groups in total. The van der Waals surface area contributed by atoms with E-state index in [0.29, 0.717) is 5.75 Å². The van der Waals surface area contributed by atoms with Gasteiger partial charge < -0.3 is 14.6 Å². The van der Waals surface area contributed by atoms with E-state index in [1.54, 1.807) is 25.1 Å². The molecule has 20 heavy (non-hydrogen) atoms. The van der Waals surface area contributed by atoms with Gasteiger partial charge in [0.2, 0.25) is 0 Å². The molecular weight excluding hydrogens is 328 g/mol. The number of carbonyl (C=O) groups excluding carboxylic acids is 1. The second-order valence-corrected chi connectivity index (χ2v) is 5.50. The van der Waals surface area contributed by atoms with E-state index in [1.807, 2.05) is 0 Å². The van der Waals surface area contributed by atoms with Gasteiger partial charge in [0.1, 0.15) is 5.75 Å². The van der Waals surface area contributed by atoms with Crippen molar-refractivity contribution in [3.63, 3.8) is 0 Å². The van der Waals surface area contributed by atoms with Gasteiger partial charge in [-0.1, -0.05) is 15.9 Å². The Bertz CT molecular complexity index is 556. The molecule has 0 spiro atoms. The van der Waals surface area contributed by atoms with Crippen molar-refractivity contribution in [3.05, 3.63) is 28.2 Å². The topological polar surface area (TPSA) is 72.8 Å². The van der Waals surface area contributed by atoms with Crippen molar-refractivity contribution in [2.75, 3.05) is 13.7 Å². The van der Waals surface area contributed by atoms with E-state index in [4.69, 9.17) is 9.47 Å². The van der Waals surface area contributed by atoms with E-state index in [1.165, 1.54) is 7.11 Å². The van der Waals surface area contributed by atoms with Crippen LogP contribution in [0.2, 0.25) is 0 Å². The molecule has 108 valence electrons. The third-order valence-corrected chi connectivity index (χ3v) is 4.28. The summed E-state index contributed by atoms with van der Waals surface area (Å²) in [6, 6.07) is 5.30. The number of hydrogen-bond acceptors (Lipinski definition) is 4. The summed E-state index contributed by atoms with van der Waals surface area (Å²) in [5.74, 6) is -1.59. The Labute approximate surface area is 125 Å². The van der Waals surface area contributed by atoms with E-state index in [2.05, 4.69) is 15.9 Å². The molecule has 0 aromatic heterocycles. The summed E-state index contributed by atoms with van der Waals surface area (Å²) < 4.78 is 10.8. The Hall–Kier alpha value is -1.56. The fraction of sp³-hybridized carbons (Fsp3) is 0.429. The number of carboxylic acids is 1. The van der Waals surface area contributed by atoms with Gasteiger partial charge in [-0.25, -0.2) is 0 Å². The number of ether oxygens (including phenoxy) is 2. The van der Waals surface area contributed by atoms with Gasteiger partial charge >= 0.3 is 11.9 Å². The van der Waals surface area contributed by atoms with Crippen LogP contribution in [0.5, 0.6) is 5.75 Å². The van der Waals surface area contributed by atoms with Crippen molar-refractivity contribution < 1.29 is 24.2 Å². The molecule has 6 heteroatoms. The molecule has 0 radical (unpaired) electrons. The van der Waals surface area contributed by atoms with E-state index in [9.17, 15) is 14.7 Å². The first-order valence-corrected chi connectivity index (χ1v) is 7.00. The monoisotopic (exact) mass is 342 g/mol. The van der Waals surface area contributed by atoms with Gasteiger partial charge in [-0.05, 0) is 37.1 Å². The third-order valence-electron chi connectivity index (χ3n) is 3.56. The minimum Gasteiger partial charge on any atom is -0.497 e. The molecule has 1 aromatic rings. The molecule has 1 saturated carbocycles. The summed E-state index contributed by atoms with van der Waals surface area (Å²) in [7, 11) is 1.54. The predicted octanol–water partition coefficient (Wildman–Crippen LogP) is 2.58. The van der Waals surface area contributed by atoms with Crippen LogP contribution >= 0.6 is 15.9 Å². The van der Waals surface area contributed by atoms with Crippen LogP contribution in [0, 0.1) is 5.41 Å². The van der Waals surface area contributed by atoms with Gasteiger partial charge in [0, 0.05) is 10.4 Å². The Morgan fingerprint density at radius 2 is 2.20 bits per heavy atom. The van der Waals surface area contributed by atoms with Crippen molar-refractivity contribution in [2.24, 2.45) is 5.41 Å². The molecule has 1 fully saturated rings. The highest BCUT2D eigenvalue weighted by atomic mass is 79.9. The van der Waals surface area contributed by atoms with E-state index < -0.39 is 23.3 Å². The predicted molar refractivity (Wildman–Crippen MR) is 74.8 cm³/mol. The Balaban J connectivity index is 2.36. The summed E-state index contributed by atoms with van der Waals surface area (Å²) >= 11 is 3.39. The lowest BCUT2D eigenvalue weighted by Crippen LogP contribution is -2.29. The van der Waals surface area contributed by atoms with Crippen molar-refractivity contribution in [1.82, 2.24) is 0 Å². The first-order valence-electron chi connectivity index (χ1n) is 6.21. The first kappa shape index (κ1) is 14.8. The number of aliphatic carboxylic acids is 1. The maximum atomic E-state index is 12.0. The molecule has 2 atom stereocenters. The number of benzene rings is 1. The smallest absolute Gasteiger partial charge is 0.324 e. The Morgan fingerprint density at radius 1 is 1.50 bits per heavy atom. The van der Waals surface area contributed by atoms with Crippen LogP contribution in [-0.2, 0) is 14.3 Å². The van der Waals surface area contributed by atoms with Crippen LogP contribution in [0.4, 0.5) is 0 Å². The minimum absolute atomic E-state index is 0.167. The lowest BCUT2D eigenvalue weighted by Gasteiger charge is -2.13. The fourth-order valence-corrected chi connectivity index (χ4v) is 2.89. The van der Waals surface area contributed by atoms with E-state index >= 15 is 0 Å². The van der Waals surface area contributed by atoms with Crippen LogP contribution in [0.1, 0.15) is 24.8 Å². The molecule has 1 aliphatic rings. The molecule has 0 saturated heterocycles. The summed E-state index contributed by atoms with van der Waals surface area (Å²) in [6.45, 7) is 1.83. The average molecular weight is 343 g/mol. The van der Waals surface area contributed by atoms with Gasteiger partial charge in [-0.3, -0.25) is 9.59 Å². The number of carbonyl (C=O) groups is 2. The molecule has 0 heterocycles. The maximum Gasteiger partial charge on any atom is 0.324 e. The normalized spacial score (nSPS) is 24.1. The number of carboxylic acid groups (broad SMARTS) is 1. The SMILES string of the molecule is CCOC(=O)[C@@]1(C(=O)O)C[C@@H]1c1cc(OC)ccc1Br. The van der Waals surface area contributed by atoms with Crippen LogP contribution in [0.25, 0.3) is 0 Å². The fourth-order valence-electron chi connectivity index (χ4n) is 2.36. The quantitative estimate of drug-likeness (QED) is 0.657. The molecule has 0 bridgehead atoms. The number of esters is 1. The largest absolute Gasteiger partial charge is 0.497 e. The number of hydrogen-bond donors (Lipinski definition) is 1. The van der Waals surface area contributed by atoms with Crippen LogP contribution in [0.3, 0.4) is 0 Å². The molecule has 1 aromatic carbocycles. The first-order chi connectivity index (χ1) is 9.47. The standard InChI is InChI=1S/C14H15BrO5/c1-3-20-13(18)14(12(16)17)7-10(14)9-6-8(19-2)4-5-11(9)15/h4-6,10H,3,7H2,1-2H3,(H,16,17)/t10-,14+/m1/s1. The zero-order valence-corrected chi connectivity index (χ0v) is 12.8. The van der Waals surface area contributed by atoms with Crippen molar-refractivity contribution in [2.45, 2.75) is 19.3 Å². The number of halogens is 1. The van der Waals surface area contributed by atoms with E-state index in [0.717, 1.165) is 10.0 Å². The molecule has 5 nitrogen and oxygen atoms in total. The summed E-state index contributed by atoms with van der Waals surface area (Å²) in [6.07, 6.45) is 0.243. The highest BCUT2D eigenvalue weighted by Crippen LogP contribution is 2.61. The lowest BCUT2D eigenvalue weighted by atomic mass is 9.99. The van der Waals surface area contributed by atoms with Crippen LogP contribution < -0.4 is 4.74 Å². The second-order valence-electron chi connectivity index (χ2n) is 4.64. The van der Waals surface area contributed by atoms with E-state index in [-0.39, 0.29) is 13.0 Å². The molecule has 2 rings (SSSR count). The van der Waals surface area contributed by atoms with Gasteiger partial charge in [-0.2, -0.15) is 0 Å². The highest BCUT2D eigenvalue weighted by molar-refractivity contribution is 9.10. The zero-order valence-electron chi connectivity index (χ0n) is 11.2. The number of methoxy groups -OCH3 is 1. The highest BCUT2D eigenvalue weighted by Gasteiger charge is 2.68. The molecular formula is C14H15BrO5. The molecule has 0 unspecified atom stereocenters. The Kier molecular flexibility index (Phi) is 4.04. The van der Waals surface area contributed by atoms with Gasteiger partial charge in [0.15, 0.2) is 5.41 Å². The van der Waals surface area contributed by atoms with Gasteiger partial charge in [-0.15, -0.1) is 0 Å². The van der Waals surface area contributed by atoms with Crippen molar-refractivity contribution in [3.8, 4) is 5.75 Å². The summed E-state index contributed by atoms with van der Waals surface area (Å²) in [5, 5.41) is 9.40. The summed E-state index contributed by atoms with van der Waals surface area (Å²) in [5.41, 5.74) is -0.718. The average Bonchev–Trinajstić information content (AvgIpc) is 3.16. The number of rotatable bonds is 5. The lowest BCUT2D eigenvalue weighted by molar-refractivity contribution is -0.161. The maximum absolute atomic E-state index is 12.0. The van der Waals surface area contributed by atoms with Gasteiger partial charge in [0.25, 0.3) is 0 Å². The molecule has 0 aliphatic heterocycles. The second kappa shape index (κ2) is 5.44. The van der Waals surface area contributed by atoms with Crippen LogP contribution in [0.15, 0.2) is 22.7 Å². The molecule has 0 amide bonds. The minimum atomic E-state index is -1.47. The summed E-state index contributed by atoms with van der Waals surface area (Å²) in [4.78, 5) is 23.5.